The van der Waals surface area contributed by atoms with Crippen LogP contribution < -0.4 is 0 Å². The summed E-state index contributed by atoms with van der Waals surface area (Å²) < 4.78 is 1.77. The van der Waals surface area contributed by atoms with E-state index in [9.17, 15) is 5.11 Å². The topological polar surface area (TPSA) is 50.4 Å². The van der Waals surface area contributed by atoms with Gasteiger partial charge < -0.3 is 5.11 Å². The van der Waals surface area contributed by atoms with Gasteiger partial charge in [-0.3, -0.25) is 0 Å². The molecule has 0 aliphatic carbocycles. The lowest BCUT2D eigenvalue weighted by Crippen LogP contribution is -2.07. The van der Waals surface area contributed by atoms with E-state index < -0.39 is 0 Å². The van der Waals surface area contributed by atoms with Crippen molar-refractivity contribution < 1.29 is 5.11 Å². The lowest BCUT2D eigenvalue weighted by atomic mass is 10.1. The average molecular weight is 279 g/mol. The minimum Gasteiger partial charge on any atom is -0.392 e. The minimum atomic E-state index is -0.0719. The maximum absolute atomic E-state index is 9.61. The third-order valence-corrected chi connectivity index (χ3v) is 3.54. The summed E-state index contributed by atoms with van der Waals surface area (Å²) in [6.07, 6.45) is 0. The number of benzene rings is 1. The van der Waals surface area contributed by atoms with Crippen LogP contribution in [0.25, 0.3) is 22.5 Å². The molecule has 3 rings (SSSR count). The molecular weight excluding hydrogens is 262 g/mol. The Hall–Kier alpha value is -2.46. The van der Waals surface area contributed by atoms with Crippen molar-refractivity contribution in [2.45, 2.75) is 20.5 Å². The predicted molar refractivity (Wildman–Crippen MR) is 83.8 cm³/mol. The first-order chi connectivity index (χ1) is 10.1. The number of hydrogen-bond donors (Lipinski definition) is 1. The van der Waals surface area contributed by atoms with Gasteiger partial charge in [-0.1, -0.05) is 36.9 Å². The molecule has 1 aromatic carbocycles. The van der Waals surface area contributed by atoms with E-state index in [1.54, 1.807) is 4.52 Å². The van der Waals surface area contributed by atoms with Crippen LogP contribution in [0.5, 0.6) is 0 Å². The molecule has 1 N–H and O–H groups in total. The number of aliphatic hydroxyl groups excluding tert-OH is 1. The van der Waals surface area contributed by atoms with Crippen LogP contribution in [0.3, 0.4) is 0 Å². The van der Waals surface area contributed by atoms with Crippen molar-refractivity contribution in [2.24, 2.45) is 0 Å². The Kier molecular flexibility index (Phi) is 3.31. The smallest absolute Gasteiger partial charge is 0.156 e. The molecule has 0 spiro atoms. The fourth-order valence-corrected chi connectivity index (χ4v) is 2.53. The quantitative estimate of drug-likeness (QED) is 0.800. The van der Waals surface area contributed by atoms with Crippen molar-refractivity contribution in [1.29, 1.82) is 0 Å². The number of nitrogens with zero attached hydrogens (tertiary/aromatic N) is 3. The van der Waals surface area contributed by atoms with Crippen molar-refractivity contribution >= 4 is 11.2 Å². The van der Waals surface area contributed by atoms with E-state index in [4.69, 9.17) is 0 Å². The Morgan fingerprint density at radius 3 is 2.62 bits per heavy atom. The predicted octanol–water partition coefficient (Wildman–Crippen LogP) is 3.23. The molecule has 0 saturated heterocycles. The van der Waals surface area contributed by atoms with Gasteiger partial charge in [0, 0.05) is 22.9 Å². The summed E-state index contributed by atoms with van der Waals surface area (Å²) in [7, 11) is 0. The largest absolute Gasteiger partial charge is 0.392 e. The van der Waals surface area contributed by atoms with E-state index in [0.29, 0.717) is 0 Å². The van der Waals surface area contributed by atoms with E-state index in [2.05, 4.69) is 16.7 Å². The number of aliphatic hydroxyl groups is 1. The highest BCUT2D eigenvalue weighted by Gasteiger charge is 2.15. The molecule has 2 heterocycles. The van der Waals surface area contributed by atoms with Crippen LogP contribution in [0, 0.1) is 6.92 Å². The summed E-state index contributed by atoms with van der Waals surface area (Å²) in [5.74, 6) is 0. The molecule has 0 radical (unpaired) electrons. The zero-order valence-corrected chi connectivity index (χ0v) is 12.2. The molecule has 2 aromatic heterocycles. The highest BCUT2D eigenvalue weighted by molar-refractivity contribution is 5.69. The van der Waals surface area contributed by atoms with Crippen LogP contribution >= 0.6 is 0 Å². The zero-order chi connectivity index (χ0) is 15.0. The van der Waals surface area contributed by atoms with Crippen molar-refractivity contribution in [3.05, 3.63) is 59.9 Å². The minimum absolute atomic E-state index is 0.0719. The Morgan fingerprint density at radius 2 is 2.00 bits per heavy atom. The standard InChI is InChI=1S/C17H17N3O/c1-11(2)17-14(10-21)12(3)18-16-9-15(19-20(16)17)13-7-5-4-6-8-13/h4-9,21H,1,10H2,2-3H3. The lowest BCUT2D eigenvalue weighted by molar-refractivity contribution is 0.279. The SMILES string of the molecule is C=C(C)c1c(CO)c(C)nc2cc(-c3ccccc3)nn12. The molecule has 21 heavy (non-hydrogen) atoms. The van der Waals surface area contributed by atoms with Crippen LogP contribution in [0.1, 0.15) is 23.9 Å². The van der Waals surface area contributed by atoms with Gasteiger partial charge in [-0.05, 0) is 19.4 Å². The molecule has 4 heteroatoms. The molecule has 0 unspecified atom stereocenters. The first-order valence-corrected chi connectivity index (χ1v) is 6.83. The molecule has 0 saturated carbocycles. The highest BCUT2D eigenvalue weighted by Crippen LogP contribution is 2.25. The van der Waals surface area contributed by atoms with E-state index >= 15 is 0 Å². The van der Waals surface area contributed by atoms with Crippen molar-refractivity contribution in [1.82, 2.24) is 14.6 Å². The first-order valence-electron chi connectivity index (χ1n) is 6.83. The third-order valence-electron chi connectivity index (χ3n) is 3.54. The first kappa shape index (κ1) is 13.5. The average Bonchev–Trinajstić information content (AvgIpc) is 2.89. The maximum Gasteiger partial charge on any atom is 0.156 e. The maximum atomic E-state index is 9.61. The van der Waals surface area contributed by atoms with Crippen molar-refractivity contribution in [3.8, 4) is 11.3 Å². The van der Waals surface area contributed by atoms with Gasteiger partial charge in [0.2, 0.25) is 0 Å². The van der Waals surface area contributed by atoms with E-state index in [-0.39, 0.29) is 6.61 Å². The van der Waals surface area contributed by atoms with Crippen molar-refractivity contribution in [2.75, 3.05) is 0 Å². The van der Waals surface area contributed by atoms with E-state index in [1.165, 1.54) is 0 Å². The fraction of sp³-hybridized carbons (Fsp3) is 0.176. The van der Waals surface area contributed by atoms with Crippen LogP contribution in [-0.4, -0.2) is 19.7 Å². The van der Waals surface area contributed by atoms with Crippen LogP contribution in [0.15, 0.2) is 43.0 Å². The summed E-state index contributed by atoms with van der Waals surface area (Å²) in [4.78, 5) is 4.54. The second kappa shape index (κ2) is 5.14. The van der Waals surface area contributed by atoms with Gasteiger partial charge in [0.05, 0.1) is 18.0 Å². The Balaban J connectivity index is 2.31. The fourth-order valence-electron chi connectivity index (χ4n) is 2.53. The Labute approximate surface area is 123 Å². The van der Waals surface area contributed by atoms with Gasteiger partial charge in [-0.15, -0.1) is 0 Å². The zero-order valence-electron chi connectivity index (χ0n) is 12.2. The van der Waals surface area contributed by atoms with Crippen molar-refractivity contribution in [3.63, 3.8) is 0 Å². The summed E-state index contributed by atoms with van der Waals surface area (Å²) in [5, 5.41) is 14.2. The van der Waals surface area contributed by atoms with Gasteiger partial charge in [0.1, 0.15) is 0 Å². The summed E-state index contributed by atoms with van der Waals surface area (Å²) in [5.41, 5.74) is 5.94. The molecule has 0 fully saturated rings. The second-order valence-electron chi connectivity index (χ2n) is 5.13. The van der Waals surface area contributed by atoms with Crippen LogP contribution in [0.4, 0.5) is 0 Å². The van der Waals surface area contributed by atoms with Gasteiger partial charge in [0.15, 0.2) is 5.65 Å². The molecule has 3 aromatic rings. The molecular formula is C17H17N3O. The molecule has 0 amide bonds. The van der Waals surface area contributed by atoms with Gasteiger partial charge in [-0.25, -0.2) is 9.50 Å². The summed E-state index contributed by atoms with van der Waals surface area (Å²) in [6, 6.07) is 11.9. The summed E-state index contributed by atoms with van der Waals surface area (Å²) in [6.45, 7) is 7.75. The summed E-state index contributed by atoms with van der Waals surface area (Å²) >= 11 is 0. The lowest BCUT2D eigenvalue weighted by Gasteiger charge is -2.11. The van der Waals surface area contributed by atoms with Crippen LogP contribution in [0.2, 0.25) is 0 Å². The molecule has 0 aliphatic rings. The molecule has 0 aliphatic heterocycles. The van der Waals surface area contributed by atoms with Crippen LogP contribution in [-0.2, 0) is 6.61 Å². The number of aryl methyl sites for hydroxylation is 1. The number of rotatable bonds is 3. The van der Waals surface area contributed by atoms with Gasteiger partial charge in [0.25, 0.3) is 0 Å². The molecule has 4 nitrogen and oxygen atoms in total. The number of allylic oxidation sites excluding steroid dienone is 1. The number of fused-ring (bicyclic) bond motifs is 1. The van der Waals surface area contributed by atoms with Gasteiger partial charge in [-0.2, -0.15) is 5.10 Å². The van der Waals surface area contributed by atoms with E-state index in [1.807, 2.05) is 50.2 Å². The number of aromatic nitrogens is 3. The monoisotopic (exact) mass is 279 g/mol. The molecule has 0 bridgehead atoms. The number of hydrogen-bond acceptors (Lipinski definition) is 3. The third kappa shape index (κ3) is 2.23. The van der Waals surface area contributed by atoms with E-state index in [0.717, 1.165) is 39.4 Å². The highest BCUT2D eigenvalue weighted by atomic mass is 16.3. The molecule has 106 valence electrons. The normalized spacial score (nSPS) is 11.0. The van der Waals surface area contributed by atoms with Gasteiger partial charge >= 0.3 is 0 Å². The Bertz CT molecular complexity index is 819. The second-order valence-corrected chi connectivity index (χ2v) is 5.13. The Morgan fingerprint density at radius 1 is 1.29 bits per heavy atom. The molecule has 0 atom stereocenters.